The predicted molar refractivity (Wildman–Crippen MR) is 85.5 cm³/mol. The Bertz CT molecular complexity index is 570. The highest BCUT2D eigenvalue weighted by atomic mass is 16.5. The molecular weight excluding hydrogens is 248 g/mol. The number of anilines is 2. The summed E-state index contributed by atoms with van der Waals surface area (Å²) >= 11 is 0. The van der Waals surface area contributed by atoms with Gasteiger partial charge in [0.15, 0.2) is 0 Å². The number of nitrogens with one attached hydrogen (secondary N) is 1. The second-order valence-corrected chi connectivity index (χ2v) is 5.12. The Kier molecular flexibility index (Phi) is 4.51. The maximum atomic E-state index is 5.71. The van der Waals surface area contributed by atoms with Crippen LogP contribution in [0.25, 0.3) is 0 Å². The van der Waals surface area contributed by atoms with Gasteiger partial charge in [0.1, 0.15) is 12.4 Å². The van der Waals surface area contributed by atoms with Crippen LogP contribution >= 0.6 is 0 Å². The zero-order chi connectivity index (χ0) is 14.5. The molecule has 0 saturated carbocycles. The molecule has 3 heteroatoms. The largest absolute Gasteiger partial charge is 0.492 e. The molecule has 0 unspecified atom stereocenters. The second-order valence-electron chi connectivity index (χ2n) is 5.12. The van der Waals surface area contributed by atoms with Crippen LogP contribution in [-0.2, 0) is 0 Å². The molecule has 2 rings (SSSR count). The molecule has 0 amide bonds. The van der Waals surface area contributed by atoms with Gasteiger partial charge in [-0.3, -0.25) is 0 Å². The van der Waals surface area contributed by atoms with Crippen LogP contribution in [-0.4, -0.2) is 13.2 Å². The number of hydrogen-bond acceptors (Lipinski definition) is 3. The molecule has 0 atom stereocenters. The summed E-state index contributed by atoms with van der Waals surface area (Å²) in [4.78, 5) is 0. The molecule has 0 aliphatic heterocycles. The van der Waals surface area contributed by atoms with Crippen LogP contribution in [0.3, 0.4) is 0 Å². The Morgan fingerprint density at radius 3 is 2.40 bits per heavy atom. The molecule has 0 aliphatic carbocycles. The highest BCUT2D eigenvalue weighted by Crippen LogP contribution is 2.21. The van der Waals surface area contributed by atoms with Gasteiger partial charge in [0.25, 0.3) is 0 Å². The van der Waals surface area contributed by atoms with E-state index in [2.05, 4.69) is 38.2 Å². The summed E-state index contributed by atoms with van der Waals surface area (Å²) < 4.78 is 5.67. The molecule has 0 aliphatic rings. The molecule has 3 N–H and O–H groups in total. The molecule has 0 spiro atoms. The van der Waals surface area contributed by atoms with Gasteiger partial charge in [-0.2, -0.15) is 0 Å². The van der Waals surface area contributed by atoms with Crippen molar-refractivity contribution < 1.29 is 4.74 Å². The van der Waals surface area contributed by atoms with Crippen molar-refractivity contribution in [3.63, 3.8) is 0 Å². The standard InChI is InChI=1S/C17H22N2O/c1-12-9-13(2)17(14(3)10-12)19-7-8-20-16-6-4-5-15(18)11-16/h4-6,9-11,19H,7-8,18H2,1-3H3. The monoisotopic (exact) mass is 270 g/mol. The number of hydrogen-bond donors (Lipinski definition) is 2. The summed E-state index contributed by atoms with van der Waals surface area (Å²) in [6, 6.07) is 11.9. The smallest absolute Gasteiger partial charge is 0.121 e. The van der Waals surface area contributed by atoms with Crippen molar-refractivity contribution >= 4 is 11.4 Å². The Morgan fingerprint density at radius 1 is 1.05 bits per heavy atom. The molecule has 0 fully saturated rings. The van der Waals surface area contributed by atoms with Gasteiger partial charge in [-0.15, -0.1) is 0 Å². The lowest BCUT2D eigenvalue weighted by molar-refractivity contribution is 0.333. The number of rotatable bonds is 5. The zero-order valence-corrected chi connectivity index (χ0v) is 12.4. The third-order valence-corrected chi connectivity index (χ3v) is 3.21. The van der Waals surface area contributed by atoms with Crippen LogP contribution in [0.2, 0.25) is 0 Å². The minimum Gasteiger partial charge on any atom is -0.492 e. The molecule has 2 aromatic carbocycles. The summed E-state index contributed by atoms with van der Waals surface area (Å²) in [7, 11) is 0. The average molecular weight is 270 g/mol. The van der Waals surface area contributed by atoms with E-state index in [0.29, 0.717) is 6.61 Å². The van der Waals surface area contributed by atoms with E-state index in [0.717, 1.165) is 18.0 Å². The van der Waals surface area contributed by atoms with Crippen molar-refractivity contribution in [3.05, 3.63) is 53.1 Å². The van der Waals surface area contributed by atoms with E-state index in [1.807, 2.05) is 24.3 Å². The number of aryl methyl sites for hydroxylation is 3. The summed E-state index contributed by atoms with van der Waals surface area (Å²) in [5, 5.41) is 3.44. The number of ether oxygens (including phenoxy) is 1. The average Bonchev–Trinajstić information content (AvgIpc) is 2.36. The molecule has 0 aromatic heterocycles. The predicted octanol–water partition coefficient (Wildman–Crippen LogP) is 3.68. The maximum absolute atomic E-state index is 5.71. The Labute approximate surface area is 120 Å². The normalized spacial score (nSPS) is 10.3. The van der Waals surface area contributed by atoms with Crippen LogP contribution in [0.5, 0.6) is 5.75 Å². The van der Waals surface area contributed by atoms with E-state index in [-0.39, 0.29) is 0 Å². The molecule has 0 radical (unpaired) electrons. The van der Waals surface area contributed by atoms with Crippen molar-refractivity contribution in [2.45, 2.75) is 20.8 Å². The van der Waals surface area contributed by atoms with E-state index in [1.54, 1.807) is 0 Å². The molecular formula is C17H22N2O. The summed E-state index contributed by atoms with van der Waals surface area (Å²) in [5.74, 6) is 0.809. The first-order valence-corrected chi connectivity index (χ1v) is 6.86. The van der Waals surface area contributed by atoms with Crippen LogP contribution in [0.15, 0.2) is 36.4 Å². The van der Waals surface area contributed by atoms with Gasteiger partial charge in [0.2, 0.25) is 0 Å². The molecule has 2 aromatic rings. The fourth-order valence-corrected chi connectivity index (χ4v) is 2.41. The highest BCUT2D eigenvalue weighted by Gasteiger charge is 2.03. The molecule has 0 heterocycles. The summed E-state index contributed by atoms with van der Waals surface area (Å²) in [6.07, 6.45) is 0. The van der Waals surface area contributed by atoms with Gasteiger partial charge in [-0.1, -0.05) is 23.8 Å². The topological polar surface area (TPSA) is 47.3 Å². The Morgan fingerprint density at radius 2 is 1.75 bits per heavy atom. The molecule has 106 valence electrons. The maximum Gasteiger partial charge on any atom is 0.121 e. The Hall–Kier alpha value is -2.16. The quantitative estimate of drug-likeness (QED) is 0.643. The molecule has 0 saturated heterocycles. The lowest BCUT2D eigenvalue weighted by Crippen LogP contribution is -2.13. The van der Waals surface area contributed by atoms with Crippen molar-refractivity contribution in [2.75, 3.05) is 24.2 Å². The van der Waals surface area contributed by atoms with Crippen LogP contribution in [0.1, 0.15) is 16.7 Å². The third kappa shape index (κ3) is 3.67. The molecule has 3 nitrogen and oxygen atoms in total. The number of nitrogens with two attached hydrogens (primary N) is 1. The lowest BCUT2D eigenvalue weighted by Gasteiger charge is -2.14. The highest BCUT2D eigenvalue weighted by molar-refractivity contribution is 5.58. The van der Waals surface area contributed by atoms with Crippen molar-refractivity contribution in [2.24, 2.45) is 0 Å². The van der Waals surface area contributed by atoms with Gasteiger partial charge in [-0.05, 0) is 44.0 Å². The summed E-state index contributed by atoms with van der Waals surface area (Å²) in [5.41, 5.74) is 11.5. The van der Waals surface area contributed by atoms with Crippen LogP contribution in [0.4, 0.5) is 11.4 Å². The lowest BCUT2D eigenvalue weighted by atomic mass is 10.1. The van der Waals surface area contributed by atoms with Crippen LogP contribution in [0, 0.1) is 20.8 Å². The van der Waals surface area contributed by atoms with Crippen molar-refractivity contribution in [3.8, 4) is 5.75 Å². The van der Waals surface area contributed by atoms with E-state index in [4.69, 9.17) is 10.5 Å². The van der Waals surface area contributed by atoms with Gasteiger partial charge < -0.3 is 15.8 Å². The number of nitrogen functional groups attached to an aromatic ring is 1. The number of benzene rings is 2. The fourth-order valence-electron chi connectivity index (χ4n) is 2.41. The first kappa shape index (κ1) is 14.3. The second kappa shape index (κ2) is 6.33. The van der Waals surface area contributed by atoms with Gasteiger partial charge >= 0.3 is 0 Å². The van der Waals surface area contributed by atoms with E-state index in [1.165, 1.54) is 22.4 Å². The first-order valence-electron chi connectivity index (χ1n) is 6.86. The minimum absolute atomic E-state index is 0.607. The van der Waals surface area contributed by atoms with E-state index < -0.39 is 0 Å². The zero-order valence-electron chi connectivity index (χ0n) is 12.4. The third-order valence-electron chi connectivity index (χ3n) is 3.21. The van der Waals surface area contributed by atoms with Crippen LogP contribution < -0.4 is 15.8 Å². The minimum atomic E-state index is 0.607. The van der Waals surface area contributed by atoms with E-state index >= 15 is 0 Å². The molecule has 20 heavy (non-hydrogen) atoms. The van der Waals surface area contributed by atoms with E-state index in [9.17, 15) is 0 Å². The van der Waals surface area contributed by atoms with Gasteiger partial charge in [0.05, 0.1) is 0 Å². The van der Waals surface area contributed by atoms with Gasteiger partial charge in [0, 0.05) is 24.0 Å². The van der Waals surface area contributed by atoms with Gasteiger partial charge in [-0.25, -0.2) is 0 Å². The molecule has 0 bridgehead atoms. The summed E-state index contributed by atoms with van der Waals surface area (Å²) in [6.45, 7) is 7.74. The first-order chi connectivity index (χ1) is 9.56. The van der Waals surface area contributed by atoms with Crippen molar-refractivity contribution in [1.29, 1.82) is 0 Å². The SMILES string of the molecule is Cc1cc(C)c(NCCOc2cccc(N)c2)c(C)c1. The fraction of sp³-hybridized carbons (Fsp3) is 0.294. The van der Waals surface area contributed by atoms with Crippen molar-refractivity contribution in [1.82, 2.24) is 0 Å². The Balaban J connectivity index is 1.88.